The lowest BCUT2D eigenvalue weighted by Gasteiger charge is -2.34. The molecule has 0 N–H and O–H groups in total. The summed E-state index contributed by atoms with van der Waals surface area (Å²) < 4.78 is 2.40. The third kappa shape index (κ3) is 5.47. The summed E-state index contributed by atoms with van der Waals surface area (Å²) in [7, 11) is 0. The molecule has 0 bridgehead atoms. The molecule has 12 aromatic rings. The fourth-order valence-electron chi connectivity index (χ4n) is 11.9. The van der Waals surface area contributed by atoms with Gasteiger partial charge in [0.15, 0.2) is 0 Å². The van der Waals surface area contributed by atoms with Crippen LogP contribution in [0.5, 0.6) is 0 Å². The molecule has 1 spiro atoms. The molecule has 2 aliphatic carbocycles. The van der Waals surface area contributed by atoms with Crippen molar-refractivity contribution in [2.24, 2.45) is 0 Å². The van der Waals surface area contributed by atoms with Crippen molar-refractivity contribution in [2.45, 2.75) is 5.41 Å². The zero-order valence-electron chi connectivity index (χ0n) is 37.2. The monoisotopic (exact) mass is 865 g/mol. The van der Waals surface area contributed by atoms with Crippen LogP contribution in [0.3, 0.4) is 0 Å². The van der Waals surface area contributed by atoms with Crippen LogP contribution in [0.1, 0.15) is 22.3 Å². The molecule has 0 aliphatic heterocycles. The van der Waals surface area contributed by atoms with Gasteiger partial charge in [0, 0.05) is 50.5 Å². The van der Waals surface area contributed by atoms with Crippen LogP contribution in [0, 0.1) is 0 Å². The quantitative estimate of drug-likeness (QED) is 0.158. The molecule has 1 unspecified atom stereocenters. The van der Waals surface area contributed by atoms with E-state index in [0.29, 0.717) is 0 Å². The normalized spacial score (nSPS) is 14.2. The van der Waals surface area contributed by atoms with Crippen molar-refractivity contribution in [3.63, 3.8) is 0 Å². The third-order valence-corrected chi connectivity index (χ3v) is 14.5. The zero-order valence-corrected chi connectivity index (χ0v) is 37.2. The Kier molecular flexibility index (Phi) is 8.50. The average Bonchev–Trinajstić information content (AvgIpc) is 4.02. The van der Waals surface area contributed by atoms with E-state index in [1.54, 1.807) is 0 Å². The summed E-state index contributed by atoms with van der Waals surface area (Å²) in [6, 6.07) is 96.2. The number of nitrogens with zero attached hydrogens (tertiary/aromatic N) is 3. The first-order valence-electron chi connectivity index (χ1n) is 23.5. The van der Waals surface area contributed by atoms with Crippen LogP contribution < -0.4 is 9.80 Å². The molecule has 11 aromatic carbocycles. The molecule has 0 saturated heterocycles. The number of benzene rings is 11. The minimum absolute atomic E-state index is 0.627. The van der Waals surface area contributed by atoms with Gasteiger partial charge in [-0.1, -0.05) is 170 Å². The molecule has 1 atom stereocenters. The molecule has 1 aromatic heterocycles. The highest BCUT2D eigenvalue weighted by Crippen LogP contribution is 2.67. The molecule has 3 heteroatoms. The molecular weight excluding hydrogens is 823 g/mol. The molecule has 3 nitrogen and oxygen atoms in total. The SMILES string of the molecule is c1ccc(N(c2ccccc2)c2ccc3c(c2)C2(c4ccccc4-3)c3ccccc3-c3c(N(c4ccccc4)c4ccc5c(c4)c4ccccc4n5-c4ccccc4)cc4ccccc4c32)cc1. The lowest BCUT2D eigenvalue weighted by molar-refractivity contribution is 0.801. The van der Waals surface area contributed by atoms with Crippen LogP contribution in [0.15, 0.2) is 261 Å². The minimum atomic E-state index is -0.627. The van der Waals surface area contributed by atoms with E-state index >= 15 is 0 Å². The van der Waals surface area contributed by atoms with E-state index in [0.717, 1.165) is 39.8 Å². The zero-order chi connectivity index (χ0) is 44.8. The Balaban J connectivity index is 1.08. The van der Waals surface area contributed by atoms with Crippen molar-refractivity contribution in [2.75, 3.05) is 9.80 Å². The van der Waals surface area contributed by atoms with Gasteiger partial charge in [-0.3, -0.25) is 0 Å². The smallest absolute Gasteiger partial charge is 0.0733 e. The van der Waals surface area contributed by atoms with Gasteiger partial charge in [-0.05, 0) is 141 Å². The first-order chi connectivity index (χ1) is 33.8. The second-order valence-electron chi connectivity index (χ2n) is 18.0. The molecule has 0 fully saturated rings. The van der Waals surface area contributed by atoms with Gasteiger partial charge in [0.2, 0.25) is 0 Å². The predicted octanol–water partition coefficient (Wildman–Crippen LogP) is 17.2. The largest absolute Gasteiger partial charge is 0.310 e. The predicted molar refractivity (Wildman–Crippen MR) is 284 cm³/mol. The van der Waals surface area contributed by atoms with Gasteiger partial charge >= 0.3 is 0 Å². The first-order valence-corrected chi connectivity index (χ1v) is 23.5. The number of aromatic nitrogens is 1. The lowest BCUT2D eigenvalue weighted by Crippen LogP contribution is -2.27. The Hall–Kier alpha value is -8.92. The van der Waals surface area contributed by atoms with E-state index in [1.807, 2.05) is 0 Å². The van der Waals surface area contributed by atoms with Crippen LogP contribution in [0.25, 0.3) is 60.5 Å². The van der Waals surface area contributed by atoms with Gasteiger partial charge < -0.3 is 14.4 Å². The van der Waals surface area contributed by atoms with E-state index in [9.17, 15) is 0 Å². The van der Waals surface area contributed by atoms with Crippen LogP contribution in [0.2, 0.25) is 0 Å². The number of fused-ring (bicyclic) bond motifs is 15. The second-order valence-corrected chi connectivity index (χ2v) is 18.0. The molecule has 0 amide bonds. The van der Waals surface area contributed by atoms with Crippen LogP contribution in [0.4, 0.5) is 34.1 Å². The Morgan fingerprint density at radius 3 is 1.51 bits per heavy atom. The van der Waals surface area contributed by atoms with Gasteiger partial charge in [-0.2, -0.15) is 0 Å². The number of hydrogen-bond donors (Lipinski definition) is 0. The molecule has 1 heterocycles. The van der Waals surface area contributed by atoms with Gasteiger partial charge in [0.25, 0.3) is 0 Å². The van der Waals surface area contributed by atoms with Crippen molar-refractivity contribution < 1.29 is 0 Å². The molecule has 318 valence electrons. The third-order valence-electron chi connectivity index (χ3n) is 14.5. The molecule has 14 rings (SSSR count). The molecular formula is C65H43N3. The topological polar surface area (TPSA) is 11.4 Å². The summed E-state index contributed by atoms with van der Waals surface area (Å²) in [6.07, 6.45) is 0. The van der Waals surface area contributed by atoms with Crippen molar-refractivity contribution in [1.82, 2.24) is 4.57 Å². The van der Waals surface area contributed by atoms with Gasteiger partial charge in [-0.15, -0.1) is 0 Å². The van der Waals surface area contributed by atoms with Crippen molar-refractivity contribution in [3.8, 4) is 27.9 Å². The van der Waals surface area contributed by atoms with Crippen LogP contribution >= 0.6 is 0 Å². The standard InChI is InChI=1S/C65H43N3/c1-5-22-45(23-6-1)66(46-24-7-2-8-25-46)50-37-39-53-52-31-15-18-34-57(52)65(59(53)43-50)58-35-19-16-33-55(58)63-62(41-44-21-13-14-30-51(44)64(63)65)67(47-26-9-3-10-27-47)49-38-40-61-56(42-49)54-32-17-20-36-60(54)68(61)48-28-11-4-12-29-48/h1-43H. The van der Waals surface area contributed by atoms with Gasteiger partial charge in [-0.25, -0.2) is 0 Å². The first kappa shape index (κ1) is 38.4. The van der Waals surface area contributed by atoms with Crippen LogP contribution in [-0.4, -0.2) is 4.57 Å². The molecule has 0 saturated carbocycles. The van der Waals surface area contributed by atoms with E-state index in [-0.39, 0.29) is 0 Å². The second kappa shape index (κ2) is 15.1. The fraction of sp³-hybridized carbons (Fsp3) is 0.0154. The van der Waals surface area contributed by atoms with Gasteiger partial charge in [0.1, 0.15) is 0 Å². The maximum absolute atomic E-state index is 2.51. The summed E-state index contributed by atoms with van der Waals surface area (Å²) in [4.78, 5) is 4.91. The average molecular weight is 866 g/mol. The highest BCUT2D eigenvalue weighted by Gasteiger charge is 2.53. The Morgan fingerprint density at radius 1 is 0.309 bits per heavy atom. The fourth-order valence-corrected chi connectivity index (χ4v) is 11.9. The lowest BCUT2D eigenvalue weighted by atomic mass is 9.69. The summed E-state index contributed by atoms with van der Waals surface area (Å²) in [5.74, 6) is 0. The van der Waals surface area contributed by atoms with Crippen molar-refractivity contribution in [1.29, 1.82) is 0 Å². The highest BCUT2D eigenvalue weighted by molar-refractivity contribution is 6.13. The van der Waals surface area contributed by atoms with E-state index < -0.39 is 5.41 Å². The van der Waals surface area contributed by atoms with Crippen LogP contribution in [-0.2, 0) is 5.41 Å². The molecule has 68 heavy (non-hydrogen) atoms. The van der Waals surface area contributed by atoms with E-state index in [1.165, 1.54) is 77.1 Å². The van der Waals surface area contributed by atoms with E-state index in [2.05, 4.69) is 275 Å². The summed E-state index contributed by atoms with van der Waals surface area (Å²) in [5, 5.41) is 4.90. The summed E-state index contributed by atoms with van der Waals surface area (Å²) >= 11 is 0. The van der Waals surface area contributed by atoms with Crippen molar-refractivity contribution in [3.05, 3.63) is 283 Å². The molecule has 2 aliphatic rings. The number of anilines is 6. The Bertz CT molecular complexity index is 3870. The summed E-state index contributed by atoms with van der Waals surface area (Å²) in [6.45, 7) is 0. The Morgan fingerprint density at radius 2 is 0.809 bits per heavy atom. The summed E-state index contributed by atoms with van der Waals surface area (Å²) in [5.41, 5.74) is 19.9. The molecule has 0 radical (unpaired) electrons. The maximum Gasteiger partial charge on any atom is 0.0733 e. The maximum atomic E-state index is 2.51. The van der Waals surface area contributed by atoms with Gasteiger partial charge in [0.05, 0.1) is 22.1 Å². The highest BCUT2D eigenvalue weighted by atomic mass is 15.2. The number of rotatable bonds is 7. The number of para-hydroxylation sites is 5. The minimum Gasteiger partial charge on any atom is -0.310 e. The Labute approximate surface area is 395 Å². The van der Waals surface area contributed by atoms with Crippen molar-refractivity contribution >= 4 is 66.7 Å². The van der Waals surface area contributed by atoms with E-state index in [4.69, 9.17) is 0 Å². The number of hydrogen-bond acceptors (Lipinski definition) is 2.